The van der Waals surface area contributed by atoms with Crippen molar-refractivity contribution >= 4 is 11.0 Å². The summed E-state index contributed by atoms with van der Waals surface area (Å²) in [4.78, 5) is 6.99. The maximum absolute atomic E-state index is 9.42. The van der Waals surface area contributed by atoms with Crippen molar-refractivity contribution in [3.63, 3.8) is 0 Å². The normalized spacial score (nSPS) is 13.4. The van der Waals surface area contributed by atoms with Crippen LogP contribution >= 0.6 is 0 Å². The summed E-state index contributed by atoms with van der Waals surface area (Å²) < 4.78 is 0. The fourth-order valence-corrected chi connectivity index (χ4v) is 1.35. The van der Waals surface area contributed by atoms with Gasteiger partial charge in [-0.1, -0.05) is 0 Å². The third kappa shape index (κ3) is 1.30. The van der Waals surface area contributed by atoms with Crippen LogP contribution in [0.15, 0.2) is 24.5 Å². The molecule has 1 atom stereocenters. The first kappa shape index (κ1) is 8.22. The number of aromatic amines is 1. The van der Waals surface area contributed by atoms with Crippen LogP contribution in [0.4, 0.5) is 0 Å². The van der Waals surface area contributed by atoms with E-state index in [1.54, 1.807) is 18.5 Å². The van der Waals surface area contributed by atoms with Gasteiger partial charge in [0.25, 0.3) is 0 Å². The zero-order valence-corrected chi connectivity index (χ0v) is 6.94. The van der Waals surface area contributed by atoms with E-state index in [0.717, 1.165) is 11.0 Å². The van der Waals surface area contributed by atoms with E-state index < -0.39 is 6.10 Å². The van der Waals surface area contributed by atoms with Gasteiger partial charge in [-0.3, -0.25) is 0 Å². The van der Waals surface area contributed by atoms with Crippen molar-refractivity contribution < 1.29 is 10.2 Å². The van der Waals surface area contributed by atoms with Crippen LogP contribution < -0.4 is 0 Å². The molecule has 0 spiro atoms. The minimum Gasteiger partial charge on any atom is -0.393 e. The maximum Gasteiger partial charge on any atom is 0.137 e. The molecule has 0 aliphatic carbocycles. The van der Waals surface area contributed by atoms with E-state index in [1.165, 1.54) is 0 Å². The van der Waals surface area contributed by atoms with Gasteiger partial charge in [-0.25, -0.2) is 4.98 Å². The standard InChI is InChI=1S/C9H10N2O2/c12-5-8(13)7-4-11-9-6(7)2-1-3-10-9/h1-4,8,12-13H,5H2,(H,10,11). The molecule has 2 aromatic rings. The first-order valence-electron chi connectivity index (χ1n) is 4.04. The zero-order chi connectivity index (χ0) is 9.26. The number of nitrogens with zero attached hydrogens (tertiary/aromatic N) is 1. The molecule has 4 nitrogen and oxygen atoms in total. The molecule has 0 bridgehead atoms. The first-order valence-corrected chi connectivity index (χ1v) is 4.04. The Labute approximate surface area is 74.9 Å². The summed E-state index contributed by atoms with van der Waals surface area (Å²) in [5.74, 6) is 0. The van der Waals surface area contributed by atoms with Crippen molar-refractivity contribution in [1.82, 2.24) is 9.97 Å². The largest absolute Gasteiger partial charge is 0.393 e. The molecule has 68 valence electrons. The van der Waals surface area contributed by atoms with Crippen LogP contribution in [0.25, 0.3) is 11.0 Å². The van der Waals surface area contributed by atoms with Gasteiger partial charge in [0.15, 0.2) is 0 Å². The van der Waals surface area contributed by atoms with Gasteiger partial charge in [0.05, 0.1) is 6.61 Å². The summed E-state index contributed by atoms with van der Waals surface area (Å²) >= 11 is 0. The Bertz CT molecular complexity index is 411. The van der Waals surface area contributed by atoms with E-state index in [1.807, 2.05) is 6.07 Å². The average molecular weight is 178 g/mol. The van der Waals surface area contributed by atoms with E-state index in [0.29, 0.717) is 5.56 Å². The zero-order valence-electron chi connectivity index (χ0n) is 6.94. The first-order chi connectivity index (χ1) is 6.33. The highest BCUT2D eigenvalue weighted by atomic mass is 16.3. The van der Waals surface area contributed by atoms with Gasteiger partial charge < -0.3 is 15.2 Å². The van der Waals surface area contributed by atoms with Crippen LogP contribution in [0.1, 0.15) is 11.7 Å². The molecule has 2 rings (SSSR count). The second kappa shape index (κ2) is 3.16. The molecule has 0 fully saturated rings. The second-order valence-electron chi connectivity index (χ2n) is 2.84. The Hall–Kier alpha value is -1.39. The predicted octanol–water partition coefficient (Wildman–Crippen LogP) is 0.589. The quantitative estimate of drug-likeness (QED) is 0.630. The average Bonchev–Trinajstić information content (AvgIpc) is 2.60. The fraction of sp³-hybridized carbons (Fsp3) is 0.222. The van der Waals surface area contributed by atoms with Crippen molar-refractivity contribution in [1.29, 1.82) is 0 Å². The van der Waals surface area contributed by atoms with E-state index in [-0.39, 0.29) is 6.61 Å². The second-order valence-corrected chi connectivity index (χ2v) is 2.84. The van der Waals surface area contributed by atoms with E-state index in [2.05, 4.69) is 9.97 Å². The van der Waals surface area contributed by atoms with Crippen molar-refractivity contribution in [3.05, 3.63) is 30.1 Å². The minimum absolute atomic E-state index is 0.276. The van der Waals surface area contributed by atoms with E-state index in [4.69, 9.17) is 5.11 Å². The molecule has 0 saturated carbocycles. The highest BCUT2D eigenvalue weighted by Gasteiger charge is 2.11. The van der Waals surface area contributed by atoms with Crippen LogP contribution in [-0.4, -0.2) is 26.8 Å². The number of pyridine rings is 1. The number of hydrogen-bond donors (Lipinski definition) is 3. The summed E-state index contributed by atoms with van der Waals surface area (Å²) in [6.45, 7) is -0.276. The molecule has 3 N–H and O–H groups in total. The lowest BCUT2D eigenvalue weighted by Gasteiger charge is -2.03. The molecule has 1 unspecified atom stereocenters. The van der Waals surface area contributed by atoms with Crippen molar-refractivity contribution in [2.24, 2.45) is 0 Å². The highest BCUT2D eigenvalue weighted by molar-refractivity contribution is 5.79. The van der Waals surface area contributed by atoms with Crippen LogP contribution in [0.5, 0.6) is 0 Å². The van der Waals surface area contributed by atoms with Gasteiger partial charge in [-0.2, -0.15) is 0 Å². The lowest BCUT2D eigenvalue weighted by Crippen LogP contribution is -2.00. The number of hydrogen-bond acceptors (Lipinski definition) is 3. The summed E-state index contributed by atoms with van der Waals surface area (Å²) in [6.07, 6.45) is 2.50. The fourth-order valence-electron chi connectivity index (χ4n) is 1.35. The number of nitrogens with one attached hydrogen (secondary N) is 1. The molecular weight excluding hydrogens is 168 g/mol. The molecule has 2 heterocycles. The van der Waals surface area contributed by atoms with Crippen molar-refractivity contribution in [2.75, 3.05) is 6.61 Å². The SMILES string of the molecule is OCC(O)c1c[nH]c2ncccc12. The number of fused-ring (bicyclic) bond motifs is 1. The summed E-state index contributed by atoms with van der Waals surface area (Å²) in [5, 5.41) is 19.1. The topological polar surface area (TPSA) is 69.1 Å². The van der Waals surface area contributed by atoms with Crippen molar-refractivity contribution in [3.8, 4) is 0 Å². The van der Waals surface area contributed by atoms with E-state index in [9.17, 15) is 5.11 Å². The van der Waals surface area contributed by atoms with Crippen LogP contribution in [0.2, 0.25) is 0 Å². The Morgan fingerprint density at radius 3 is 3.15 bits per heavy atom. The molecule has 13 heavy (non-hydrogen) atoms. The third-order valence-corrected chi connectivity index (χ3v) is 2.02. The molecule has 0 aromatic carbocycles. The van der Waals surface area contributed by atoms with Gasteiger partial charge in [-0.15, -0.1) is 0 Å². The van der Waals surface area contributed by atoms with Crippen LogP contribution in [-0.2, 0) is 0 Å². The number of aromatic nitrogens is 2. The van der Waals surface area contributed by atoms with Crippen molar-refractivity contribution in [2.45, 2.75) is 6.10 Å². The molecule has 0 aliphatic heterocycles. The molecule has 0 aliphatic rings. The molecule has 0 radical (unpaired) electrons. The van der Waals surface area contributed by atoms with Crippen LogP contribution in [0.3, 0.4) is 0 Å². The third-order valence-electron chi connectivity index (χ3n) is 2.02. The number of rotatable bonds is 2. The van der Waals surface area contributed by atoms with Gasteiger partial charge in [0.1, 0.15) is 11.8 Å². The predicted molar refractivity (Wildman–Crippen MR) is 48.1 cm³/mol. The Kier molecular flexibility index (Phi) is 2.00. The molecule has 0 saturated heterocycles. The minimum atomic E-state index is -0.835. The van der Waals surface area contributed by atoms with Gasteiger partial charge in [0, 0.05) is 23.3 Å². The van der Waals surface area contributed by atoms with E-state index >= 15 is 0 Å². The monoisotopic (exact) mass is 178 g/mol. The van der Waals surface area contributed by atoms with Crippen LogP contribution in [0, 0.1) is 0 Å². The van der Waals surface area contributed by atoms with Gasteiger partial charge in [-0.05, 0) is 12.1 Å². The Morgan fingerprint density at radius 2 is 2.38 bits per heavy atom. The number of aliphatic hydroxyl groups excluding tert-OH is 2. The highest BCUT2D eigenvalue weighted by Crippen LogP contribution is 2.21. The Morgan fingerprint density at radius 1 is 1.54 bits per heavy atom. The lowest BCUT2D eigenvalue weighted by atomic mass is 10.1. The molecule has 0 amide bonds. The number of H-pyrrole nitrogens is 1. The molecule has 4 heteroatoms. The summed E-state index contributed by atoms with van der Waals surface area (Å²) in [5.41, 5.74) is 1.41. The lowest BCUT2D eigenvalue weighted by molar-refractivity contribution is 0.0967. The van der Waals surface area contributed by atoms with Gasteiger partial charge in [0.2, 0.25) is 0 Å². The van der Waals surface area contributed by atoms with Gasteiger partial charge >= 0.3 is 0 Å². The molecule has 2 aromatic heterocycles. The smallest absolute Gasteiger partial charge is 0.137 e. The molecular formula is C9H10N2O2. The summed E-state index contributed by atoms with van der Waals surface area (Å²) in [6, 6.07) is 3.65. The Balaban J connectivity index is 2.57. The number of aliphatic hydroxyl groups is 2. The maximum atomic E-state index is 9.42. The summed E-state index contributed by atoms with van der Waals surface area (Å²) in [7, 11) is 0.